The molecule has 5 heterocycles. The van der Waals surface area contributed by atoms with Crippen LogP contribution >= 0.6 is 34.2 Å². The number of hydrogen-bond acceptors (Lipinski definition) is 29. The van der Waals surface area contributed by atoms with Crippen molar-refractivity contribution in [3.8, 4) is 49.9 Å². The first-order valence-corrected chi connectivity index (χ1v) is 38.2. The zero-order chi connectivity index (χ0) is 82.8. The summed E-state index contributed by atoms with van der Waals surface area (Å²) >= 11 is 4.15. The summed E-state index contributed by atoms with van der Waals surface area (Å²) in [5.74, 6) is -4.27. The van der Waals surface area contributed by atoms with Gasteiger partial charge in [-0.15, -0.1) is 53.4 Å². The van der Waals surface area contributed by atoms with Crippen LogP contribution in [0.2, 0.25) is 0 Å². The Kier molecular flexibility index (Phi) is 23.0. The third-order valence-corrected chi connectivity index (χ3v) is 21.3. The van der Waals surface area contributed by atoms with E-state index in [-0.39, 0.29) is 73.1 Å². The van der Waals surface area contributed by atoms with Crippen LogP contribution in [0.25, 0.3) is 73.9 Å². The highest BCUT2D eigenvalue weighted by molar-refractivity contribution is 7.22. The Labute approximate surface area is 684 Å². The van der Waals surface area contributed by atoms with Crippen LogP contribution in [0, 0.1) is 20.8 Å². The third-order valence-electron chi connectivity index (χ3n) is 18.3. The number of anilines is 2. The summed E-state index contributed by atoms with van der Waals surface area (Å²) in [5, 5.41) is 81.9. The van der Waals surface area contributed by atoms with E-state index in [9.17, 15) is 48.9 Å². The van der Waals surface area contributed by atoms with Crippen LogP contribution in [-0.4, -0.2) is 82.4 Å². The Morgan fingerprint density at radius 3 is 1.56 bits per heavy atom. The number of phenols is 3. The van der Waals surface area contributed by atoms with Gasteiger partial charge < -0.3 is 44.4 Å². The lowest BCUT2D eigenvalue weighted by Gasteiger charge is -2.12. The van der Waals surface area contributed by atoms with Crippen LogP contribution in [0.5, 0.6) is 28.7 Å². The lowest BCUT2D eigenvalue weighted by atomic mass is 10.0. The first kappa shape index (κ1) is 78.4. The minimum atomic E-state index is -1.26. The molecule has 0 aliphatic heterocycles. The third kappa shape index (κ3) is 17.1. The summed E-state index contributed by atoms with van der Waals surface area (Å²) in [4.78, 5) is 100. The number of aldehydes is 2. The SMILES string of the molecule is Cc1noc(N=Nc2c(O)c(-c3nc4ccccc4s3)cc3cc(-c4nc5ccccc5s4)ccc23)c1C.Cc1nsc(N=Nc2c(O)c(C(=O)Oc3ccccc3)cc3cc(C(=O)Oc4ccccc4)ccc23)c1C=O.O=Cc1occ(C(=O)OO)c1N=Nc1c(O)c(C(=O)Nc2ccccc2)cc2cc(C(=O)Nc3ccccc3)ccc12. The molecule has 6 N–H and O–H groups in total. The standard InChI is InChI=1S/C30H20N4O8.C29H19N5O2S2.C29H19N3O6S/c35-15-24-25(23(16-41-24)30(39)42-40)33-34-26-21-12-11-17(28(37)31-19-7-3-1-4-8-19)13-18(21)14-22(27(26)36)29(38)32-20-9-5-2-6-10-20;1-15-16(2)34-36-27(15)33-32-25-19-12-11-17(28-30-21-7-3-5-9-23(21)37-28)13-18(19)14-20(26(25)35)29-31-22-8-4-6-10-24(22)38-29;1-17-24(16-33)27(39-32-17)31-30-25-22-13-12-18(28(35)37-20-8-4-2-5-9-20)14-19(22)15-23(26(25)34)29(36)38-21-10-6-3-7-11-21/h1-16,36,40H,(H,31,37)(H,32,38);3-14,35H,1-2H3;2-16,34H,1H3. The van der Waals surface area contributed by atoms with Crippen LogP contribution in [0.1, 0.15) is 89.7 Å². The van der Waals surface area contributed by atoms with Crippen LogP contribution in [0.15, 0.2) is 289 Å². The van der Waals surface area contributed by atoms with Gasteiger partial charge in [-0.25, -0.2) is 24.4 Å². The van der Waals surface area contributed by atoms with E-state index >= 15 is 0 Å². The fourth-order valence-electron chi connectivity index (χ4n) is 12.2. The Hall–Kier alpha value is -15.8. The maximum Gasteiger partial charge on any atom is 0.378 e. The normalized spacial score (nSPS) is 11.3. The summed E-state index contributed by atoms with van der Waals surface area (Å²) < 4.78 is 27.5. The van der Waals surface area contributed by atoms with Crippen molar-refractivity contribution in [2.45, 2.75) is 20.8 Å². The number of para-hydroxylation sites is 6. The van der Waals surface area contributed by atoms with Gasteiger partial charge in [0, 0.05) is 44.2 Å². The predicted molar refractivity (Wildman–Crippen MR) is 449 cm³/mol. The minimum Gasteiger partial charge on any atom is -0.505 e. The van der Waals surface area contributed by atoms with Gasteiger partial charge in [-0.2, -0.15) is 9.63 Å². The lowest BCUT2D eigenvalue weighted by molar-refractivity contribution is -0.182. The quantitative estimate of drug-likeness (QED) is 0.0109. The molecular weight excluding hydrogens is 1580 g/mol. The molecule has 17 aromatic rings. The van der Waals surface area contributed by atoms with Gasteiger partial charge in [0.15, 0.2) is 40.6 Å². The Morgan fingerprint density at radius 2 is 0.966 bits per heavy atom. The summed E-state index contributed by atoms with van der Waals surface area (Å²) in [7, 11) is 0. The Morgan fingerprint density at radius 1 is 0.462 bits per heavy atom. The second kappa shape index (κ2) is 34.9. The number of aromatic nitrogens is 4. The predicted octanol–water partition coefficient (Wildman–Crippen LogP) is 22.6. The summed E-state index contributed by atoms with van der Waals surface area (Å²) in [5.41, 5.74) is 6.19. The van der Waals surface area contributed by atoms with E-state index in [4.69, 9.17) is 33.6 Å². The van der Waals surface area contributed by atoms with E-state index in [0.29, 0.717) is 67.4 Å². The number of benzene rings is 12. The molecule has 0 radical (unpaired) electrons. The Balaban J connectivity index is 0.000000139. The maximum absolute atomic E-state index is 13.2. The molecule has 31 heteroatoms. The highest BCUT2D eigenvalue weighted by Crippen LogP contribution is 2.48. The largest absolute Gasteiger partial charge is 0.505 e. The molecule has 28 nitrogen and oxygen atoms in total. The van der Waals surface area contributed by atoms with Crippen molar-refractivity contribution in [2.75, 3.05) is 10.6 Å². The number of nitrogens with zero attached hydrogens (tertiary/aromatic N) is 10. The van der Waals surface area contributed by atoms with E-state index < -0.39 is 52.5 Å². The average molecular weight is 1640 g/mol. The highest BCUT2D eigenvalue weighted by atomic mass is 32.1. The molecule has 5 aromatic heterocycles. The molecule has 0 fully saturated rings. The number of ether oxygens (including phenoxy) is 2. The first-order chi connectivity index (χ1) is 57.9. The molecule has 119 heavy (non-hydrogen) atoms. The van der Waals surface area contributed by atoms with Crippen molar-refractivity contribution in [3.05, 3.63) is 305 Å². The number of esters is 2. The van der Waals surface area contributed by atoms with E-state index in [1.54, 1.807) is 140 Å². The van der Waals surface area contributed by atoms with Crippen molar-refractivity contribution in [3.63, 3.8) is 0 Å². The van der Waals surface area contributed by atoms with Gasteiger partial charge in [-0.3, -0.25) is 24.1 Å². The second-order valence-electron chi connectivity index (χ2n) is 26.0. The second-order valence-corrected chi connectivity index (χ2v) is 28.8. The fourth-order valence-corrected chi connectivity index (χ4v) is 14.8. The molecule has 0 saturated carbocycles. The number of rotatable bonds is 19. The fraction of sp³-hybridized carbons (Fsp3) is 0.0341. The van der Waals surface area contributed by atoms with E-state index in [2.05, 4.69) is 67.9 Å². The highest BCUT2D eigenvalue weighted by Gasteiger charge is 2.27. The smallest absolute Gasteiger partial charge is 0.378 e. The van der Waals surface area contributed by atoms with E-state index in [1.807, 2.05) is 80.6 Å². The zero-order valence-electron chi connectivity index (χ0n) is 62.2. The number of carbonyl (C=O) groups is 7. The van der Waals surface area contributed by atoms with Crippen LogP contribution in [-0.2, 0) is 4.89 Å². The van der Waals surface area contributed by atoms with Crippen LogP contribution in [0.3, 0.4) is 0 Å². The number of hydrogen-bond donors (Lipinski definition) is 6. The number of nitrogens with one attached hydrogen (secondary N) is 2. The molecule has 0 bridgehead atoms. The monoisotopic (exact) mass is 1630 g/mol. The molecule has 0 saturated heterocycles. The topological polar surface area (TPSA) is 404 Å². The van der Waals surface area contributed by atoms with Gasteiger partial charge >= 0.3 is 17.9 Å². The molecule has 0 aliphatic rings. The number of carbonyl (C=O) groups excluding carboxylic acids is 7. The number of thiazole rings is 2. The van der Waals surface area contributed by atoms with Gasteiger partial charge in [0.2, 0.25) is 0 Å². The summed E-state index contributed by atoms with van der Waals surface area (Å²) in [6.07, 6.45) is 1.74. The van der Waals surface area contributed by atoms with Crippen molar-refractivity contribution in [2.24, 2.45) is 30.7 Å². The van der Waals surface area contributed by atoms with Crippen LogP contribution < -0.4 is 20.1 Å². The Bertz CT molecular complexity index is 6860. The summed E-state index contributed by atoms with van der Waals surface area (Å²) in [6, 6.07) is 70.2. The molecule has 2 amide bonds. The van der Waals surface area contributed by atoms with E-state index in [0.717, 1.165) is 70.8 Å². The number of fused-ring (bicyclic) bond motifs is 5. The molecule has 0 atom stereocenters. The van der Waals surface area contributed by atoms with Crippen molar-refractivity contribution < 1.29 is 77.4 Å². The number of aryl methyl sites for hydroxylation is 2. The van der Waals surface area contributed by atoms with Crippen LogP contribution in [0.4, 0.5) is 45.0 Å². The molecular formula is C88H58N12O16S3. The molecule has 0 aliphatic carbocycles. The van der Waals surface area contributed by atoms with Gasteiger partial charge in [0.05, 0.1) is 54.1 Å². The first-order valence-electron chi connectivity index (χ1n) is 35.8. The number of azo groups is 3. The van der Waals surface area contributed by atoms with Crippen molar-refractivity contribution >= 4 is 174 Å². The number of aromatic hydroxyl groups is 3. The van der Waals surface area contributed by atoms with Crippen molar-refractivity contribution in [1.82, 2.24) is 19.5 Å². The van der Waals surface area contributed by atoms with Gasteiger partial charge in [-0.1, -0.05) is 126 Å². The lowest BCUT2D eigenvalue weighted by Crippen LogP contribution is -2.13. The molecule has 0 spiro atoms. The molecule has 12 aromatic carbocycles. The number of amides is 2. The minimum absolute atomic E-state index is 0.0157. The van der Waals surface area contributed by atoms with Gasteiger partial charge in [0.25, 0.3) is 17.7 Å². The zero-order valence-corrected chi connectivity index (χ0v) is 64.7. The van der Waals surface area contributed by atoms with E-state index in [1.165, 1.54) is 53.8 Å². The summed E-state index contributed by atoms with van der Waals surface area (Å²) in [6.45, 7) is 5.39. The number of phenolic OH excluding ortho intramolecular Hbond substituents is 3. The van der Waals surface area contributed by atoms with Gasteiger partial charge in [-0.05, 0) is 170 Å². The maximum atomic E-state index is 13.2. The molecule has 17 rings (SSSR count). The van der Waals surface area contributed by atoms with Gasteiger partial charge in [0.1, 0.15) is 61.7 Å². The number of furan rings is 1. The molecule has 584 valence electrons. The van der Waals surface area contributed by atoms with Crippen molar-refractivity contribution in [1.29, 1.82) is 0 Å². The average Bonchev–Trinajstić information content (AvgIpc) is 1.75. The molecule has 0 unspecified atom stereocenters.